The van der Waals surface area contributed by atoms with E-state index in [4.69, 9.17) is 11.6 Å². The lowest BCUT2D eigenvalue weighted by molar-refractivity contribution is -0.137. The summed E-state index contributed by atoms with van der Waals surface area (Å²) in [5, 5.41) is 3.61. The molecule has 0 amide bonds. The van der Waals surface area contributed by atoms with Crippen LogP contribution >= 0.6 is 11.6 Å². The summed E-state index contributed by atoms with van der Waals surface area (Å²) >= 11 is 6.34. The third kappa shape index (κ3) is 3.97. The van der Waals surface area contributed by atoms with Crippen molar-refractivity contribution in [1.29, 1.82) is 0 Å². The van der Waals surface area contributed by atoms with E-state index in [1.165, 1.54) is 12.1 Å². The molecule has 2 aromatic rings. The van der Waals surface area contributed by atoms with E-state index in [0.717, 1.165) is 43.4 Å². The Morgan fingerprint density at radius 1 is 1.16 bits per heavy atom. The van der Waals surface area contributed by atoms with E-state index >= 15 is 0 Å². The Kier molecular flexibility index (Phi) is 5.32. The van der Waals surface area contributed by atoms with Gasteiger partial charge in [-0.15, -0.1) is 0 Å². The van der Waals surface area contributed by atoms with Gasteiger partial charge in [0.05, 0.1) is 11.6 Å². The van der Waals surface area contributed by atoms with Gasteiger partial charge in [0.25, 0.3) is 0 Å². The fourth-order valence-electron chi connectivity index (χ4n) is 3.22. The Labute approximate surface area is 149 Å². The highest BCUT2D eigenvalue weighted by atomic mass is 35.5. The molecule has 1 aromatic heterocycles. The molecule has 1 aliphatic heterocycles. The average Bonchev–Trinajstić information content (AvgIpc) is 2.58. The minimum Gasteiger partial charge on any atom is -0.314 e. The molecule has 25 heavy (non-hydrogen) atoms. The van der Waals surface area contributed by atoms with Crippen molar-refractivity contribution in [3.8, 4) is 0 Å². The summed E-state index contributed by atoms with van der Waals surface area (Å²) < 4.78 is 39.6. The quantitative estimate of drug-likeness (QED) is 0.884. The molecule has 0 aliphatic carbocycles. The molecule has 0 spiro atoms. The zero-order valence-electron chi connectivity index (χ0n) is 13.8. The molecule has 0 radical (unpaired) electrons. The van der Waals surface area contributed by atoms with E-state index in [0.29, 0.717) is 10.6 Å². The Morgan fingerprint density at radius 3 is 2.52 bits per heavy atom. The summed E-state index contributed by atoms with van der Waals surface area (Å²) in [5.74, 6) is 0. The van der Waals surface area contributed by atoms with Gasteiger partial charge in [-0.1, -0.05) is 11.6 Å². The van der Waals surface area contributed by atoms with Crippen molar-refractivity contribution in [2.75, 3.05) is 26.2 Å². The summed E-state index contributed by atoms with van der Waals surface area (Å²) in [6, 6.07) is 5.07. The highest BCUT2D eigenvalue weighted by Crippen LogP contribution is 2.38. The molecule has 1 aromatic carbocycles. The number of rotatable bonds is 3. The van der Waals surface area contributed by atoms with Crippen LogP contribution in [0.25, 0.3) is 0 Å². The van der Waals surface area contributed by atoms with Crippen molar-refractivity contribution in [3.63, 3.8) is 0 Å². The van der Waals surface area contributed by atoms with Crippen LogP contribution in [0, 0.1) is 6.92 Å². The molecule has 7 heteroatoms. The number of aromatic nitrogens is 1. The fourth-order valence-corrected chi connectivity index (χ4v) is 3.44. The smallest absolute Gasteiger partial charge is 0.314 e. The zero-order valence-corrected chi connectivity index (χ0v) is 14.5. The number of aryl methyl sites for hydroxylation is 1. The van der Waals surface area contributed by atoms with Gasteiger partial charge in [-0.25, -0.2) is 0 Å². The summed E-state index contributed by atoms with van der Waals surface area (Å²) in [5.41, 5.74) is 1.66. The number of pyridine rings is 1. The van der Waals surface area contributed by atoms with Crippen molar-refractivity contribution in [2.45, 2.75) is 19.1 Å². The van der Waals surface area contributed by atoms with Crippen LogP contribution in [-0.4, -0.2) is 36.1 Å². The monoisotopic (exact) mass is 369 g/mol. The highest BCUT2D eigenvalue weighted by molar-refractivity contribution is 6.31. The standard InChI is InChI=1S/C18H19ClF3N3/c1-12-11-24-5-4-14(12)17(25-8-6-23-7-9-25)15-10-13(18(20,21)22)2-3-16(15)19/h2-5,10-11,17,23H,6-9H2,1H3. The van der Waals surface area contributed by atoms with Gasteiger partial charge in [0.2, 0.25) is 0 Å². The van der Waals surface area contributed by atoms with E-state index in [1.807, 2.05) is 13.0 Å². The number of hydrogen-bond acceptors (Lipinski definition) is 3. The van der Waals surface area contributed by atoms with E-state index < -0.39 is 11.7 Å². The second kappa shape index (κ2) is 7.32. The number of halogens is 4. The summed E-state index contributed by atoms with van der Waals surface area (Å²) in [6.45, 7) is 4.96. The zero-order chi connectivity index (χ0) is 18.0. The van der Waals surface area contributed by atoms with E-state index in [1.54, 1.807) is 12.4 Å². The number of alkyl halides is 3. The lowest BCUT2D eigenvalue weighted by atomic mass is 9.93. The van der Waals surface area contributed by atoms with E-state index in [-0.39, 0.29) is 6.04 Å². The largest absolute Gasteiger partial charge is 0.416 e. The lowest BCUT2D eigenvalue weighted by Crippen LogP contribution is -2.45. The lowest BCUT2D eigenvalue weighted by Gasteiger charge is -2.36. The third-order valence-corrected chi connectivity index (χ3v) is 4.84. The maximum absolute atomic E-state index is 13.2. The van der Waals surface area contributed by atoms with Gasteiger partial charge in [-0.3, -0.25) is 9.88 Å². The number of nitrogens with zero attached hydrogens (tertiary/aromatic N) is 2. The average molecular weight is 370 g/mol. The molecule has 134 valence electrons. The van der Waals surface area contributed by atoms with Crippen molar-refractivity contribution >= 4 is 11.6 Å². The minimum atomic E-state index is -4.40. The number of nitrogens with one attached hydrogen (secondary N) is 1. The number of hydrogen-bond donors (Lipinski definition) is 1. The molecule has 3 rings (SSSR count). The molecule has 1 saturated heterocycles. The van der Waals surface area contributed by atoms with Crippen LogP contribution in [0.3, 0.4) is 0 Å². The second-order valence-electron chi connectivity index (χ2n) is 6.15. The van der Waals surface area contributed by atoms with Crippen LogP contribution < -0.4 is 5.32 Å². The van der Waals surface area contributed by atoms with Gasteiger partial charge in [-0.2, -0.15) is 13.2 Å². The molecule has 1 aliphatic rings. The summed E-state index contributed by atoms with van der Waals surface area (Å²) in [4.78, 5) is 6.27. The first-order chi connectivity index (χ1) is 11.9. The molecule has 1 fully saturated rings. The Hall–Kier alpha value is -1.63. The van der Waals surface area contributed by atoms with Gasteiger partial charge >= 0.3 is 6.18 Å². The van der Waals surface area contributed by atoms with Gasteiger partial charge < -0.3 is 5.32 Å². The van der Waals surface area contributed by atoms with Crippen LogP contribution in [-0.2, 0) is 6.18 Å². The van der Waals surface area contributed by atoms with Gasteiger partial charge in [0.15, 0.2) is 0 Å². The third-order valence-electron chi connectivity index (χ3n) is 4.49. The molecule has 1 N–H and O–H groups in total. The van der Waals surface area contributed by atoms with E-state index in [2.05, 4.69) is 15.2 Å². The highest BCUT2D eigenvalue weighted by Gasteiger charge is 2.33. The first-order valence-electron chi connectivity index (χ1n) is 8.10. The van der Waals surface area contributed by atoms with Crippen LogP contribution in [0.2, 0.25) is 5.02 Å². The normalized spacial score (nSPS) is 17.5. The molecule has 1 unspecified atom stereocenters. The van der Waals surface area contributed by atoms with Gasteiger partial charge in [0, 0.05) is 43.6 Å². The predicted molar refractivity (Wildman–Crippen MR) is 91.7 cm³/mol. The summed E-state index contributed by atoms with van der Waals surface area (Å²) in [6.07, 6.45) is -1.01. The van der Waals surface area contributed by atoms with Crippen molar-refractivity contribution < 1.29 is 13.2 Å². The molecule has 0 saturated carbocycles. The van der Waals surface area contributed by atoms with Crippen molar-refractivity contribution in [3.05, 3.63) is 63.9 Å². The number of benzene rings is 1. The van der Waals surface area contributed by atoms with Crippen LogP contribution in [0.15, 0.2) is 36.7 Å². The Morgan fingerprint density at radius 2 is 1.88 bits per heavy atom. The van der Waals surface area contributed by atoms with Crippen molar-refractivity contribution in [2.24, 2.45) is 0 Å². The molecular formula is C18H19ClF3N3. The SMILES string of the molecule is Cc1cnccc1C(c1cc(C(F)(F)F)ccc1Cl)N1CCNCC1. The summed E-state index contributed by atoms with van der Waals surface area (Å²) in [7, 11) is 0. The fraction of sp³-hybridized carbons (Fsp3) is 0.389. The maximum atomic E-state index is 13.2. The second-order valence-corrected chi connectivity index (χ2v) is 6.56. The van der Waals surface area contributed by atoms with Crippen LogP contribution in [0.5, 0.6) is 0 Å². The first-order valence-corrected chi connectivity index (χ1v) is 8.47. The molecule has 1 atom stereocenters. The molecular weight excluding hydrogens is 351 g/mol. The first kappa shape index (κ1) is 18.2. The topological polar surface area (TPSA) is 28.2 Å². The Balaban J connectivity index is 2.13. The Bertz CT molecular complexity index is 743. The van der Waals surface area contributed by atoms with E-state index in [9.17, 15) is 13.2 Å². The van der Waals surface area contributed by atoms with Crippen molar-refractivity contribution in [1.82, 2.24) is 15.2 Å². The van der Waals surface area contributed by atoms with Crippen LogP contribution in [0.1, 0.15) is 28.3 Å². The molecule has 2 heterocycles. The van der Waals surface area contributed by atoms with Gasteiger partial charge in [-0.05, 0) is 47.9 Å². The molecule has 3 nitrogen and oxygen atoms in total. The maximum Gasteiger partial charge on any atom is 0.416 e. The number of piperazine rings is 1. The molecule has 0 bridgehead atoms. The predicted octanol–water partition coefficient (Wildman–Crippen LogP) is 4.06. The minimum absolute atomic E-state index is 0.333. The van der Waals surface area contributed by atoms with Crippen LogP contribution in [0.4, 0.5) is 13.2 Å². The van der Waals surface area contributed by atoms with Gasteiger partial charge in [0.1, 0.15) is 0 Å².